The number of amides is 4. The molecule has 4 aromatic carbocycles. The van der Waals surface area contributed by atoms with E-state index >= 15 is 9.59 Å². The molecule has 2 aliphatic carbocycles. The van der Waals surface area contributed by atoms with E-state index in [1.165, 1.54) is 24.3 Å². The number of aromatic amines is 2. The normalized spacial score (nSPS) is 16.7. The van der Waals surface area contributed by atoms with E-state index in [4.69, 9.17) is 0 Å². The monoisotopic (exact) mass is 1210 g/mol. The van der Waals surface area contributed by atoms with Crippen molar-refractivity contribution in [2.75, 3.05) is 37.0 Å². The van der Waals surface area contributed by atoms with Crippen molar-refractivity contribution < 1.29 is 28.0 Å². The van der Waals surface area contributed by atoms with Crippen LogP contribution in [0.15, 0.2) is 131 Å². The number of fused-ring (bicyclic) bond motifs is 4. The third-order valence-electron chi connectivity index (χ3n) is 18.3. The molecule has 12 rings (SSSR count). The summed E-state index contributed by atoms with van der Waals surface area (Å²) in [7, 11) is 3.52. The Balaban J connectivity index is 0.786. The molecule has 2 fully saturated rings. The number of H-pyrrole nitrogens is 2. The Bertz CT molecular complexity index is 4100. The molecule has 6 heterocycles. The van der Waals surface area contributed by atoms with E-state index in [1.807, 2.05) is 97.8 Å². The number of carbonyl (C=O) groups is 4. The number of nitrogens with one attached hydrogen (secondary N) is 6. The fraction of sp³-hybridized carbons (Fsp3) is 0.361. The number of nitrogens with zero attached hydrogens (tertiary/aromatic N) is 4. The Morgan fingerprint density at radius 3 is 1.30 bits per heavy atom. The quantitative estimate of drug-likeness (QED) is 0.0415. The first kappa shape index (κ1) is 60.9. The summed E-state index contributed by atoms with van der Waals surface area (Å²) in [6.07, 6.45) is 8.40. The van der Waals surface area contributed by atoms with Crippen LogP contribution in [0.5, 0.6) is 0 Å². The van der Waals surface area contributed by atoms with Crippen molar-refractivity contribution in [3.05, 3.63) is 199 Å². The molecule has 4 atom stereocenters. The first-order valence-electron chi connectivity index (χ1n) is 31.0. The lowest BCUT2D eigenvalue weighted by Crippen LogP contribution is -2.55. The van der Waals surface area contributed by atoms with Crippen molar-refractivity contribution in [3.8, 4) is 23.7 Å². The minimum absolute atomic E-state index is 0.167. The molecule has 0 saturated heterocycles. The SMILES string of the molecule is CN[C@H](C(=O)N[C@@H](Cc1cn(CC#CC#CCn2cc(C[C@H](NC(=O)[C@@H](NC)C3CC3)C(=O)N3CC(C)(C)c4[nH]c(=O)c(Cc5ccc(F)cc5)cc43)c3ccccc32)c2ccccc12)C(=O)N1CC(C)(C)c2[nH]c(=O)c(Cc3ccc(F)cc3)cc21)C1CC1. The maximum atomic E-state index is 15.2. The zero-order chi connectivity index (χ0) is 63.2. The van der Waals surface area contributed by atoms with E-state index in [0.29, 0.717) is 33.9 Å². The number of likely N-dealkylation sites (N-methyl/N-ethyl adjacent to an activating group) is 2. The molecule has 90 heavy (non-hydrogen) atoms. The number of halogens is 2. The van der Waals surface area contributed by atoms with Crippen LogP contribution in [0.25, 0.3) is 21.8 Å². The minimum Gasteiger partial charge on any atom is -0.343 e. The van der Waals surface area contributed by atoms with E-state index in [9.17, 15) is 28.0 Å². The van der Waals surface area contributed by atoms with Crippen LogP contribution in [-0.2, 0) is 68.8 Å². The molecule has 0 bridgehead atoms. The fourth-order valence-corrected chi connectivity index (χ4v) is 13.3. The smallest absolute Gasteiger partial charge is 0.251 e. The van der Waals surface area contributed by atoms with Gasteiger partial charge in [-0.05, 0) is 134 Å². The van der Waals surface area contributed by atoms with Gasteiger partial charge in [-0.25, -0.2) is 8.78 Å². The van der Waals surface area contributed by atoms with Gasteiger partial charge >= 0.3 is 0 Å². The van der Waals surface area contributed by atoms with Gasteiger partial charge in [0, 0.05) is 106 Å². The maximum absolute atomic E-state index is 15.2. The average Bonchev–Trinajstić information content (AvgIpc) is 1.63. The highest BCUT2D eigenvalue weighted by Crippen LogP contribution is 2.42. The van der Waals surface area contributed by atoms with Crippen LogP contribution in [0.3, 0.4) is 0 Å². The molecule has 4 aromatic heterocycles. The van der Waals surface area contributed by atoms with Crippen molar-refractivity contribution in [1.82, 2.24) is 40.4 Å². The molecule has 2 aliphatic heterocycles. The molecule has 2 saturated carbocycles. The summed E-state index contributed by atoms with van der Waals surface area (Å²) in [6.45, 7) is 8.99. The number of pyridine rings is 2. The topological polar surface area (TPSA) is 198 Å². The fourth-order valence-electron chi connectivity index (χ4n) is 13.3. The Morgan fingerprint density at radius 2 is 0.933 bits per heavy atom. The summed E-state index contributed by atoms with van der Waals surface area (Å²) in [5, 5.41) is 14.5. The van der Waals surface area contributed by atoms with Gasteiger partial charge in [-0.2, -0.15) is 0 Å². The third kappa shape index (κ3) is 12.6. The molecule has 16 nitrogen and oxygen atoms in total. The number of hydrogen-bond donors (Lipinski definition) is 6. The van der Waals surface area contributed by atoms with Crippen LogP contribution >= 0.6 is 0 Å². The molecule has 0 unspecified atom stereocenters. The summed E-state index contributed by atoms with van der Waals surface area (Å²) < 4.78 is 31.7. The van der Waals surface area contributed by atoms with Crippen LogP contribution in [0.1, 0.15) is 98.1 Å². The average molecular weight is 1210 g/mol. The maximum Gasteiger partial charge on any atom is 0.251 e. The second-order valence-corrected chi connectivity index (χ2v) is 25.9. The number of benzene rings is 4. The van der Waals surface area contributed by atoms with Crippen molar-refractivity contribution >= 4 is 56.8 Å². The molecule has 462 valence electrons. The largest absolute Gasteiger partial charge is 0.343 e. The number of carbonyl (C=O) groups excluding carboxylic acids is 4. The second-order valence-electron chi connectivity index (χ2n) is 25.9. The van der Waals surface area contributed by atoms with Crippen molar-refractivity contribution in [3.63, 3.8) is 0 Å². The van der Waals surface area contributed by atoms with Crippen LogP contribution in [0.4, 0.5) is 20.2 Å². The minimum atomic E-state index is -0.983. The molecule has 8 aromatic rings. The van der Waals surface area contributed by atoms with Gasteiger partial charge in [0.1, 0.15) is 23.7 Å². The van der Waals surface area contributed by atoms with E-state index in [2.05, 4.69) is 54.9 Å². The summed E-state index contributed by atoms with van der Waals surface area (Å²) in [6, 6.07) is 28.3. The number of aromatic nitrogens is 4. The van der Waals surface area contributed by atoms with Crippen LogP contribution < -0.4 is 42.2 Å². The van der Waals surface area contributed by atoms with Crippen molar-refractivity contribution in [2.24, 2.45) is 11.8 Å². The van der Waals surface area contributed by atoms with Gasteiger partial charge in [-0.15, -0.1) is 0 Å². The predicted molar refractivity (Wildman–Crippen MR) is 345 cm³/mol. The Labute approximate surface area is 521 Å². The number of hydrogen-bond acceptors (Lipinski definition) is 8. The Hall–Kier alpha value is -9.36. The molecule has 4 amide bonds. The second kappa shape index (κ2) is 24.9. The lowest BCUT2D eigenvalue weighted by Gasteiger charge is -2.27. The molecule has 0 radical (unpaired) electrons. The highest BCUT2D eigenvalue weighted by Gasteiger charge is 2.45. The summed E-state index contributed by atoms with van der Waals surface area (Å²) in [4.78, 5) is 95.3. The molecular formula is C72H74F2N10O6. The van der Waals surface area contributed by atoms with E-state index < -0.39 is 35.0 Å². The molecule has 6 N–H and O–H groups in total. The van der Waals surface area contributed by atoms with E-state index in [1.54, 1.807) is 60.3 Å². The lowest BCUT2D eigenvalue weighted by molar-refractivity contribution is -0.129. The third-order valence-corrected chi connectivity index (χ3v) is 18.3. The lowest BCUT2D eigenvalue weighted by atomic mass is 9.91. The van der Waals surface area contributed by atoms with Crippen molar-refractivity contribution in [2.45, 2.75) is 127 Å². The summed E-state index contributed by atoms with van der Waals surface area (Å²) in [5.41, 5.74) is 6.40. The van der Waals surface area contributed by atoms with Gasteiger partial charge in [0.25, 0.3) is 11.1 Å². The van der Waals surface area contributed by atoms with Crippen molar-refractivity contribution in [1.29, 1.82) is 0 Å². The number of anilines is 2. The molecule has 18 heteroatoms. The van der Waals surface area contributed by atoms with Gasteiger partial charge in [-0.1, -0.05) is 100 Å². The molecular weight excluding hydrogens is 1140 g/mol. The molecule has 0 spiro atoms. The zero-order valence-corrected chi connectivity index (χ0v) is 51.5. The summed E-state index contributed by atoms with van der Waals surface area (Å²) >= 11 is 0. The van der Waals surface area contributed by atoms with E-state index in [0.717, 1.165) is 69.7 Å². The highest BCUT2D eigenvalue weighted by molar-refractivity contribution is 6.03. The summed E-state index contributed by atoms with van der Waals surface area (Å²) in [5.74, 6) is 11.0. The van der Waals surface area contributed by atoms with Gasteiger partial charge in [0.05, 0.1) is 36.5 Å². The number of rotatable bonds is 20. The van der Waals surface area contributed by atoms with Gasteiger partial charge < -0.3 is 50.2 Å². The number of para-hydroxylation sites is 2. The first-order valence-corrected chi connectivity index (χ1v) is 31.0. The molecule has 4 aliphatic rings. The zero-order valence-electron chi connectivity index (χ0n) is 51.5. The van der Waals surface area contributed by atoms with Gasteiger partial charge in [0.2, 0.25) is 23.6 Å². The van der Waals surface area contributed by atoms with Gasteiger partial charge in [0.15, 0.2) is 0 Å². The Kier molecular flexibility index (Phi) is 16.9. The predicted octanol–water partition coefficient (Wildman–Crippen LogP) is 7.84. The van der Waals surface area contributed by atoms with Crippen LogP contribution in [-0.4, -0.2) is 94.1 Å². The van der Waals surface area contributed by atoms with Gasteiger partial charge in [-0.3, -0.25) is 28.8 Å². The first-order chi connectivity index (χ1) is 43.3. The van der Waals surface area contributed by atoms with E-state index in [-0.39, 0.29) is 110 Å². The Morgan fingerprint density at radius 1 is 0.556 bits per heavy atom. The van der Waals surface area contributed by atoms with Crippen LogP contribution in [0, 0.1) is 47.2 Å². The standard InChI is InChI=1S/C72H74F2N10O6/c1-71(2)41-83(59-37-47(65(85)79-63(59)71)33-43-19-27-51(73)28-20-43)69(89)55(77-67(87)61(75-5)45-23-24-45)35-49-39-81(57-17-11-9-15-53(49)57)31-13-7-8-14-32-82-40-50(54-16-10-12-18-58(54)82)36-56(78-68(88)62(76-6)46-25-26-46)70(90)84-42-72(3,4)64-60(84)38-48(66(86)80-64)34-44-21-29-52(74)30-22-44/h9-12,15-22,27-30,37-40,45-46,55-56,61-62,75-76H,23-26,31-36,41-42H2,1-6H3,(H,77,87)(H,78,88)(H,79,85)(H,80,86)/t55-,56-,61-,62-/m0/s1. The highest BCUT2D eigenvalue weighted by atomic mass is 19.1. The van der Waals surface area contributed by atoms with Crippen LogP contribution in [0.2, 0.25) is 0 Å².